The second kappa shape index (κ2) is 8.68. The summed E-state index contributed by atoms with van der Waals surface area (Å²) in [7, 11) is 0. The zero-order chi connectivity index (χ0) is 19.2. The highest BCUT2D eigenvalue weighted by Crippen LogP contribution is 2.29. The lowest BCUT2D eigenvalue weighted by molar-refractivity contribution is -0.126. The van der Waals surface area contributed by atoms with E-state index in [1.54, 1.807) is 6.07 Å². The Bertz CT molecular complexity index is 805. The Morgan fingerprint density at radius 2 is 1.89 bits per heavy atom. The molecule has 2 aromatic carbocycles. The zero-order valence-corrected chi connectivity index (χ0v) is 15.5. The number of anilines is 1. The zero-order valence-electron chi connectivity index (χ0n) is 15.5. The number of piperidine rings is 1. The number of rotatable bonds is 6. The Kier molecular flexibility index (Phi) is 6.08. The van der Waals surface area contributed by atoms with E-state index in [1.807, 2.05) is 54.3 Å². The molecule has 1 fully saturated rings. The van der Waals surface area contributed by atoms with Crippen molar-refractivity contribution in [1.82, 2.24) is 4.90 Å². The van der Waals surface area contributed by atoms with Crippen molar-refractivity contribution in [1.29, 1.82) is 0 Å². The van der Waals surface area contributed by atoms with Gasteiger partial charge in [0.05, 0.1) is 18.3 Å². The van der Waals surface area contributed by atoms with Gasteiger partial charge in [-0.2, -0.15) is 0 Å². The maximum atomic E-state index is 12.5. The van der Waals surface area contributed by atoms with Crippen LogP contribution in [0, 0.1) is 6.92 Å². The van der Waals surface area contributed by atoms with E-state index in [9.17, 15) is 9.59 Å². The second-order valence-electron chi connectivity index (χ2n) is 6.84. The SMILES string of the molecule is Cc1ccc(Oc2ccccc2NC(=O)CN2CCCCC2C(N)=O)cc1. The molecule has 6 heteroatoms. The number of ether oxygens (including phenoxy) is 1. The average molecular weight is 367 g/mol. The fourth-order valence-electron chi connectivity index (χ4n) is 3.27. The molecule has 1 aliphatic heterocycles. The Morgan fingerprint density at radius 3 is 2.63 bits per heavy atom. The lowest BCUT2D eigenvalue weighted by Crippen LogP contribution is -2.50. The van der Waals surface area contributed by atoms with E-state index in [4.69, 9.17) is 10.5 Å². The van der Waals surface area contributed by atoms with E-state index in [0.717, 1.165) is 18.4 Å². The Balaban J connectivity index is 1.67. The molecule has 1 heterocycles. The summed E-state index contributed by atoms with van der Waals surface area (Å²) in [6.45, 7) is 2.84. The van der Waals surface area contributed by atoms with Crippen molar-refractivity contribution in [2.75, 3.05) is 18.4 Å². The molecule has 6 nitrogen and oxygen atoms in total. The third-order valence-electron chi connectivity index (χ3n) is 4.70. The molecule has 1 atom stereocenters. The summed E-state index contributed by atoms with van der Waals surface area (Å²) >= 11 is 0. The van der Waals surface area contributed by atoms with Crippen LogP contribution in [-0.2, 0) is 9.59 Å². The highest BCUT2D eigenvalue weighted by molar-refractivity contribution is 5.94. The van der Waals surface area contributed by atoms with E-state index in [1.165, 1.54) is 0 Å². The molecule has 3 N–H and O–H groups in total. The molecule has 0 radical (unpaired) electrons. The van der Waals surface area contributed by atoms with Crippen molar-refractivity contribution in [3.8, 4) is 11.5 Å². The van der Waals surface area contributed by atoms with Gasteiger partial charge in [0.2, 0.25) is 11.8 Å². The van der Waals surface area contributed by atoms with Crippen LogP contribution in [0.15, 0.2) is 48.5 Å². The van der Waals surface area contributed by atoms with Crippen molar-refractivity contribution in [2.45, 2.75) is 32.2 Å². The summed E-state index contributed by atoms with van der Waals surface area (Å²) in [5, 5.41) is 2.89. The fraction of sp³-hybridized carbons (Fsp3) is 0.333. The predicted octanol–water partition coefficient (Wildman–Crippen LogP) is 3.07. The van der Waals surface area contributed by atoms with Gasteiger partial charge in [0.1, 0.15) is 5.75 Å². The van der Waals surface area contributed by atoms with Crippen molar-refractivity contribution in [3.05, 3.63) is 54.1 Å². The number of carbonyl (C=O) groups excluding carboxylic acids is 2. The van der Waals surface area contributed by atoms with Gasteiger partial charge >= 0.3 is 0 Å². The number of nitrogens with one attached hydrogen (secondary N) is 1. The highest BCUT2D eigenvalue weighted by Gasteiger charge is 2.28. The third-order valence-corrected chi connectivity index (χ3v) is 4.70. The molecule has 0 aromatic heterocycles. The third kappa shape index (κ3) is 5.08. The number of benzene rings is 2. The van der Waals surface area contributed by atoms with E-state index in [2.05, 4.69) is 5.32 Å². The number of nitrogens with zero attached hydrogens (tertiary/aromatic N) is 1. The summed E-state index contributed by atoms with van der Waals surface area (Å²) in [6, 6.07) is 14.6. The topological polar surface area (TPSA) is 84.7 Å². The summed E-state index contributed by atoms with van der Waals surface area (Å²) in [5.41, 5.74) is 7.22. The maximum absolute atomic E-state index is 12.5. The summed E-state index contributed by atoms with van der Waals surface area (Å²) in [6.07, 6.45) is 2.62. The molecule has 0 bridgehead atoms. The molecule has 2 aromatic rings. The lowest BCUT2D eigenvalue weighted by atomic mass is 10.0. The standard InChI is InChI=1S/C21H25N3O3/c1-15-9-11-16(12-10-15)27-19-8-3-2-6-17(19)23-20(25)14-24-13-5-4-7-18(24)21(22)26/h2-3,6,8-12,18H,4-5,7,13-14H2,1H3,(H2,22,26)(H,23,25). The Labute approximate surface area is 159 Å². The first-order chi connectivity index (χ1) is 13.0. The van der Waals surface area contributed by atoms with Crippen LogP contribution in [0.2, 0.25) is 0 Å². The molecule has 0 spiro atoms. The molecule has 1 aliphatic rings. The molecule has 27 heavy (non-hydrogen) atoms. The van der Waals surface area contributed by atoms with Crippen LogP contribution in [0.4, 0.5) is 5.69 Å². The van der Waals surface area contributed by atoms with Gasteiger partial charge in [0.25, 0.3) is 0 Å². The molecular formula is C21H25N3O3. The lowest BCUT2D eigenvalue weighted by Gasteiger charge is -2.32. The number of primary amides is 1. The van der Waals surface area contributed by atoms with Crippen molar-refractivity contribution >= 4 is 17.5 Å². The molecule has 142 valence electrons. The van der Waals surface area contributed by atoms with Gasteiger partial charge in [-0.15, -0.1) is 0 Å². The van der Waals surface area contributed by atoms with Crippen molar-refractivity contribution in [2.24, 2.45) is 5.73 Å². The molecule has 0 aliphatic carbocycles. The molecule has 0 saturated carbocycles. The monoisotopic (exact) mass is 367 g/mol. The molecule has 2 amide bonds. The van der Waals surface area contributed by atoms with Gasteiger partial charge in [0, 0.05) is 0 Å². The number of amides is 2. The minimum Gasteiger partial charge on any atom is -0.455 e. The van der Waals surface area contributed by atoms with Gasteiger partial charge < -0.3 is 15.8 Å². The minimum absolute atomic E-state index is 0.131. The van der Waals surface area contributed by atoms with Gasteiger partial charge in [-0.1, -0.05) is 36.2 Å². The minimum atomic E-state index is -0.372. The number of hydrogen-bond donors (Lipinski definition) is 2. The first-order valence-electron chi connectivity index (χ1n) is 9.20. The molecule has 1 saturated heterocycles. The quantitative estimate of drug-likeness (QED) is 0.822. The molecule has 3 rings (SSSR count). The van der Waals surface area contributed by atoms with E-state index in [0.29, 0.717) is 30.2 Å². The summed E-state index contributed by atoms with van der Waals surface area (Å²) in [5.74, 6) is 0.709. The summed E-state index contributed by atoms with van der Waals surface area (Å²) < 4.78 is 5.91. The number of likely N-dealkylation sites (tertiary alicyclic amines) is 1. The highest BCUT2D eigenvalue weighted by atomic mass is 16.5. The molecular weight excluding hydrogens is 342 g/mol. The van der Waals surface area contributed by atoms with Crippen LogP contribution >= 0.6 is 0 Å². The Hall–Kier alpha value is -2.86. The normalized spacial score (nSPS) is 17.3. The van der Waals surface area contributed by atoms with Crippen LogP contribution in [-0.4, -0.2) is 35.8 Å². The van der Waals surface area contributed by atoms with E-state index < -0.39 is 0 Å². The van der Waals surface area contributed by atoms with Gasteiger partial charge in [-0.3, -0.25) is 14.5 Å². The van der Waals surface area contributed by atoms with Gasteiger partial charge in [-0.05, 0) is 50.6 Å². The molecule has 1 unspecified atom stereocenters. The first-order valence-corrected chi connectivity index (χ1v) is 9.20. The van der Waals surface area contributed by atoms with Crippen LogP contribution < -0.4 is 15.8 Å². The van der Waals surface area contributed by atoms with E-state index in [-0.39, 0.29) is 24.4 Å². The second-order valence-corrected chi connectivity index (χ2v) is 6.84. The van der Waals surface area contributed by atoms with Crippen molar-refractivity contribution < 1.29 is 14.3 Å². The predicted molar refractivity (Wildman–Crippen MR) is 105 cm³/mol. The Morgan fingerprint density at radius 1 is 1.15 bits per heavy atom. The van der Waals surface area contributed by atoms with Gasteiger partial charge in [0.15, 0.2) is 5.75 Å². The first kappa shape index (κ1) is 18.9. The number of aryl methyl sites for hydroxylation is 1. The smallest absolute Gasteiger partial charge is 0.238 e. The average Bonchev–Trinajstić information content (AvgIpc) is 2.65. The largest absolute Gasteiger partial charge is 0.455 e. The summed E-state index contributed by atoms with van der Waals surface area (Å²) in [4.78, 5) is 26.0. The number of hydrogen-bond acceptors (Lipinski definition) is 4. The fourth-order valence-corrected chi connectivity index (χ4v) is 3.27. The van der Waals surface area contributed by atoms with Gasteiger partial charge in [-0.25, -0.2) is 0 Å². The number of para-hydroxylation sites is 2. The van der Waals surface area contributed by atoms with E-state index >= 15 is 0 Å². The number of nitrogens with two attached hydrogens (primary N) is 1. The maximum Gasteiger partial charge on any atom is 0.238 e. The van der Waals surface area contributed by atoms with Crippen LogP contribution in [0.1, 0.15) is 24.8 Å². The number of carbonyl (C=O) groups is 2. The van der Waals surface area contributed by atoms with Crippen LogP contribution in [0.3, 0.4) is 0 Å². The van der Waals surface area contributed by atoms with Crippen LogP contribution in [0.25, 0.3) is 0 Å². The van der Waals surface area contributed by atoms with Crippen LogP contribution in [0.5, 0.6) is 11.5 Å². The van der Waals surface area contributed by atoms with Crippen molar-refractivity contribution in [3.63, 3.8) is 0 Å².